The molecule has 3 heteroatoms. The third-order valence-electron chi connectivity index (χ3n) is 3.05. The summed E-state index contributed by atoms with van der Waals surface area (Å²) in [6.07, 6.45) is 3.12. The molecule has 86 valence electrons. The SMILES string of the molecule is C=[C](C[C@H](C)C[C@@H]1O[C@H]1C=O)[Sn]([CH3])([CH3])[CH3]. The van der Waals surface area contributed by atoms with Gasteiger partial charge in [-0.05, 0) is 0 Å². The van der Waals surface area contributed by atoms with E-state index in [2.05, 4.69) is 28.3 Å². The zero-order valence-electron chi connectivity index (χ0n) is 10.2. The first-order valence-corrected chi connectivity index (χ1v) is 15.6. The molecule has 1 aliphatic heterocycles. The summed E-state index contributed by atoms with van der Waals surface area (Å²) in [7, 11) is 0. The van der Waals surface area contributed by atoms with Gasteiger partial charge in [0.2, 0.25) is 0 Å². The molecule has 0 amide bonds. The van der Waals surface area contributed by atoms with Gasteiger partial charge in [-0.2, -0.15) is 0 Å². The minimum absolute atomic E-state index is 0.112. The van der Waals surface area contributed by atoms with Crippen molar-refractivity contribution in [2.75, 3.05) is 0 Å². The Kier molecular flexibility index (Phi) is 4.41. The third-order valence-corrected chi connectivity index (χ3v) is 9.68. The summed E-state index contributed by atoms with van der Waals surface area (Å²) in [6, 6.07) is 0. The summed E-state index contributed by atoms with van der Waals surface area (Å²) in [5.41, 5.74) is 0. The van der Waals surface area contributed by atoms with Gasteiger partial charge in [0.1, 0.15) is 0 Å². The van der Waals surface area contributed by atoms with Crippen molar-refractivity contribution in [3.8, 4) is 0 Å². The Balaban J connectivity index is 2.28. The third kappa shape index (κ3) is 4.27. The van der Waals surface area contributed by atoms with Gasteiger partial charge in [0, 0.05) is 0 Å². The van der Waals surface area contributed by atoms with Crippen LogP contribution < -0.4 is 0 Å². The molecule has 2 nitrogen and oxygen atoms in total. The van der Waals surface area contributed by atoms with Crippen molar-refractivity contribution in [2.45, 2.75) is 46.8 Å². The van der Waals surface area contributed by atoms with E-state index in [0.717, 1.165) is 19.1 Å². The molecule has 0 radical (unpaired) electrons. The molecule has 0 aromatic carbocycles. The van der Waals surface area contributed by atoms with Crippen molar-refractivity contribution >= 4 is 24.7 Å². The van der Waals surface area contributed by atoms with Gasteiger partial charge in [-0.1, -0.05) is 0 Å². The Morgan fingerprint density at radius 3 is 2.53 bits per heavy atom. The van der Waals surface area contributed by atoms with E-state index in [-0.39, 0.29) is 12.2 Å². The maximum absolute atomic E-state index is 10.4. The van der Waals surface area contributed by atoms with Crippen molar-refractivity contribution < 1.29 is 9.53 Å². The van der Waals surface area contributed by atoms with Crippen LogP contribution in [0.5, 0.6) is 0 Å². The Labute approximate surface area is 97.0 Å². The van der Waals surface area contributed by atoms with Crippen LogP contribution in [0.3, 0.4) is 0 Å². The summed E-state index contributed by atoms with van der Waals surface area (Å²) >= 11 is -1.88. The standard InChI is InChI=1S/C9H13O2.3CH3.Sn/c1-3-4-7(2)5-8-9(6-10)11-8;;;;/h6-9H,1,4-5H2,2H3;3*1H3;/t7-,8-,9-;;;;/m0..../s1. The second-order valence-electron chi connectivity index (χ2n) is 5.67. The molecular formula is C12H22O2Sn. The predicted molar refractivity (Wildman–Crippen MR) is 65.6 cm³/mol. The van der Waals surface area contributed by atoms with E-state index in [9.17, 15) is 4.79 Å². The molecule has 3 atom stereocenters. The summed E-state index contributed by atoms with van der Waals surface area (Å²) < 4.78 is 6.71. The van der Waals surface area contributed by atoms with Crippen LogP contribution in [0, 0.1) is 5.92 Å². The molecule has 1 rings (SSSR count). The molecule has 0 N–H and O–H groups in total. The van der Waals surface area contributed by atoms with Crippen molar-refractivity contribution in [1.82, 2.24) is 0 Å². The van der Waals surface area contributed by atoms with Gasteiger partial charge in [-0.15, -0.1) is 0 Å². The van der Waals surface area contributed by atoms with Gasteiger partial charge in [-0.25, -0.2) is 0 Å². The van der Waals surface area contributed by atoms with Crippen LogP contribution in [0.15, 0.2) is 10.2 Å². The van der Waals surface area contributed by atoms with E-state index in [1.165, 1.54) is 3.59 Å². The van der Waals surface area contributed by atoms with E-state index in [1.807, 2.05) is 0 Å². The quantitative estimate of drug-likeness (QED) is 0.428. The predicted octanol–water partition coefficient (Wildman–Crippen LogP) is 2.80. The number of epoxide rings is 1. The van der Waals surface area contributed by atoms with Crippen molar-refractivity contribution in [3.05, 3.63) is 10.2 Å². The zero-order valence-corrected chi connectivity index (χ0v) is 13.1. The molecule has 1 heterocycles. The number of hydrogen-bond donors (Lipinski definition) is 0. The number of hydrogen-bond acceptors (Lipinski definition) is 2. The molecule has 0 saturated carbocycles. The average Bonchev–Trinajstić information content (AvgIpc) is 2.81. The van der Waals surface area contributed by atoms with Crippen LogP contribution in [-0.2, 0) is 9.53 Å². The molecule has 1 saturated heterocycles. The molecule has 15 heavy (non-hydrogen) atoms. The van der Waals surface area contributed by atoms with Gasteiger partial charge in [0.05, 0.1) is 0 Å². The number of allylic oxidation sites excluding steroid dienone is 1. The van der Waals surface area contributed by atoms with Crippen LogP contribution in [0.4, 0.5) is 0 Å². The van der Waals surface area contributed by atoms with Gasteiger partial charge in [0.25, 0.3) is 0 Å². The fourth-order valence-electron chi connectivity index (χ4n) is 1.67. The average molecular weight is 317 g/mol. The van der Waals surface area contributed by atoms with Crippen LogP contribution >= 0.6 is 0 Å². The van der Waals surface area contributed by atoms with Crippen molar-refractivity contribution in [1.29, 1.82) is 0 Å². The summed E-state index contributed by atoms with van der Waals surface area (Å²) in [4.78, 5) is 17.6. The topological polar surface area (TPSA) is 29.6 Å². The number of rotatable bonds is 6. The van der Waals surface area contributed by atoms with Gasteiger partial charge in [0.15, 0.2) is 0 Å². The van der Waals surface area contributed by atoms with E-state index in [0.29, 0.717) is 5.92 Å². The molecular weight excluding hydrogens is 295 g/mol. The Bertz CT molecular complexity index is 255. The monoisotopic (exact) mass is 318 g/mol. The van der Waals surface area contributed by atoms with Gasteiger partial charge >= 0.3 is 97.1 Å². The molecule has 0 bridgehead atoms. The number of carbonyl (C=O) groups is 1. The first-order chi connectivity index (χ1) is 6.84. The first-order valence-electron chi connectivity index (χ1n) is 5.63. The van der Waals surface area contributed by atoms with Crippen molar-refractivity contribution in [3.63, 3.8) is 0 Å². The normalized spacial score (nSPS) is 27.2. The van der Waals surface area contributed by atoms with Gasteiger partial charge in [-0.3, -0.25) is 0 Å². The molecule has 1 aliphatic rings. The Morgan fingerprint density at radius 2 is 2.13 bits per heavy atom. The molecule has 0 aliphatic carbocycles. The van der Waals surface area contributed by atoms with E-state index < -0.39 is 18.4 Å². The Morgan fingerprint density at radius 1 is 1.53 bits per heavy atom. The van der Waals surface area contributed by atoms with E-state index in [4.69, 9.17) is 4.74 Å². The number of ether oxygens (including phenoxy) is 1. The Hall–Kier alpha value is 0.169. The van der Waals surface area contributed by atoms with Gasteiger partial charge < -0.3 is 0 Å². The van der Waals surface area contributed by atoms with E-state index >= 15 is 0 Å². The van der Waals surface area contributed by atoms with Crippen LogP contribution in [-0.4, -0.2) is 36.9 Å². The van der Waals surface area contributed by atoms with E-state index in [1.54, 1.807) is 0 Å². The molecule has 0 aromatic heterocycles. The minimum atomic E-state index is -1.88. The molecule has 0 unspecified atom stereocenters. The van der Waals surface area contributed by atoms with Crippen molar-refractivity contribution in [2.24, 2.45) is 5.92 Å². The zero-order chi connectivity index (χ0) is 11.6. The fraction of sp³-hybridized carbons (Fsp3) is 0.750. The number of carbonyl (C=O) groups excluding carboxylic acids is 1. The first kappa shape index (κ1) is 13.2. The second-order valence-corrected chi connectivity index (χ2v) is 20.5. The molecule has 1 fully saturated rings. The maximum atomic E-state index is 10.4. The van der Waals surface area contributed by atoms with Crippen LogP contribution in [0.1, 0.15) is 19.8 Å². The second kappa shape index (κ2) is 5.00. The summed E-state index contributed by atoms with van der Waals surface area (Å²) in [5.74, 6) is 0.600. The van der Waals surface area contributed by atoms with Crippen LogP contribution in [0.25, 0.3) is 0 Å². The summed E-state index contributed by atoms with van der Waals surface area (Å²) in [6.45, 7) is 6.44. The fourth-order valence-corrected chi connectivity index (χ4v) is 4.41. The number of aldehydes is 1. The van der Waals surface area contributed by atoms with Crippen LogP contribution in [0.2, 0.25) is 14.8 Å². The summed E-state index contributed by atoms with van der Waals surface area (Å²) in [5, 5.41) is 0. The molecule has 0 aromatic rings. The molecule has 0 spiro atoms.